The number of nitrogens with one attached hydrogen (secondary N) is 1. The van der Waals surface area contributed by atoms with Gasteiger partial charge in [0.2, 0.25) is 0 Å². The van der Waals surface area contributed by atoms with Crippen molar-refractivity contribution in [1.29, 1.82) is 0 Å². The van der Waals surface area contributed by atoms with Crippen molar-refractivity contribution in [2.45, 2.75) is 32.7 Å². The molecule has 0 aromatic rings. The third kappa shape index (κ3) is 5.22. The average Bonchev–Trinajstić information content (AvgIpc) is 2.25. The zero-order valence-corrected chi connectivity index (χ0v) is 10.7. The van der Waals surface area contributed by atoms with Gasteiger partial charge in [0.25, 0.3) is 10.2 Å². The molecule has 7 heteroatoms. The smallest absolute Gasteiger partial charge is 0.279 e. The molecule has 0 aromatic heterocycles. The van der Waals surface area contributed by atoms with Gasteiger partial charge in [0.15, 0.2) is 0 Å². The Morgan fingerprint density at radius 3 is 1.88 bits per heavy atom. The second kappa shape index (κ2) is 7.97. The highest BCUT2D eigenvalue weighted by Crippen LogP contribution is 2.02. The number of rotatable bonds is 9. The molecule has 0 atom stereocenters. The molecule has 0 heterocycles. The lowest BCUT2D eigenvalue weighted by molar-refractivity contribution is 0.183. The van der Waals surface area contributed by atoms with E-state index in [0.29, 0.717) is 13.1 Å². The van der Waals surface area contributed by atoms with Crippen molar-refractivity contribution in [3.63, 3.8) is 0 Å². The van der Waals surface area contributed by atoms with Gasteiger partial charge in [0.1, 0.15) is 0 Å². The van der Waals surface area contributed by atoms with Crippen LogP contribution in [0.4, 0.5) is 0 Å². The lowest BCUT2D eigenvalue weighted by atomic mass is 10.4. The summed E-state index contributed by atoms with van der Waals surface area (Å²) in [6.07, 6.45) is 1.45. The van der Waals surface area contributed by atoms with Crippen molar-refractivity contribution in [3.8, 4) is 0 Å². The molecule has 0 spiro atoms. The summed E-state index contributed by atoms with van der Waals surface area (Å²) in [7, 11) is -3.61. The number of nitrogens with zero attached hydrogens (tertiary/aromatic N) is 1. The lowest BCUT2D eigenvalue weighted by Crippen LogP contribution is -2.48. The molecule has 3 N–H and O–H groups in total. The normalized spacial score (nSPS) is 12.6. The summed E-state index contributed by atoms with van der Waals surface area (Å²) in [4.78, 5) is 0. The van der Waals surface area contributed by atoms with Crippen LogP contribution in [0.1, 0.15) is 26.7 Å². The Bertz CT molecular complexity index is 259. The van der Waals surface area contributed by atoms with Crippen LogP contribution < -0.4 is 4.72 Å². The van der Waals surface area contributed by atoms with Crippen molar-refractivity contribution < 1.29 is 18.6 Å². The van der Waals surface area contributed by atoms with E-state index in [9.17, 15) is 8.42 Å². The summed E-state index contributed by atoms with van der Waals surface area (Å²) in [5.41, 5.74) is 0. The topological polar surface area (TPSA) is 89.9 Å². The van der Waals surface area contributed by atoms with Crippen LogP contribution in [0, 0.1) is 0 Å². The fourth-order valence-corrected chi connectivity index (χ4v) is 2.83. The molecule has 0 saturated carbocycles. The maximum atomic E-state index is 11.8. The highest BCUT2D eigenvalue weighted by molar-refractivity contribution is 7.87. The summed E-state index contributed by atoms with van der Waals surface area (Å²) < 4.78 is 27.2. The van der Waals surface area contributed by atoms with Crippen molar-refractivity contribution in [2.75, 3.05) is 26.3 Å². The second-order valence-corrected chi connectivity index (χ2v) is 5.29. The molecular formula is C9H22N2O4S. The summed E-state index contributed by atoms with van der Waals surface area (Å²) in [6.45, 7) is 3.84. The van der Waals surface area contributed by atoms with Crippen LogP contribution >= 0.6 is 0 Å². The van der Waals surface area contributed by atoms with Gasteiger partial charge in [-0.05, 0) is 12.8 Å². The van der Waals surface area contributed by atoms with Crippen molar-refractivity contribution >= 4 is 10.2 Å². The van der Waals surface area contributed by atoms with Gasteiger partial charge < -0.3 is 10.2 Å². The van der Waals surface area contributed by atoms with Gasteiger partial charge in [-0.15, -0.1) is 0 Å². The first-order valence-corrected chi connectivity index (χ1v) is 6.94. The first-order valence-electron chi connectivity index (χ1n) is 5.50. The molecule has 0 fully saturated rings. The van der Waals surface area contributed by atoms with Crippen LogP contribution in [0.2, 0.25) is 0 Å². The zero-order chi connectivity index (χ0) is 12.6. The van der Waals surface area contributed by atoms with Gasteiger partial charge in [-0.2, -0.15) is 17.4 Å². The Labute approximate surface area is 97.5 Å². The monoisotopic (exact) mass is 254 g/mol. The number of aliphatic hydroxyl groups is 2. The quantitative estimate of drug-likeness (QED) is 0.507. The SMILES string of the molecule is CCCN(CCC)S(=O)(=O)NC(CO)CO. The van der Waals surface area contributed by atoms with Crippen molar-refractivity contribution in [3.05, 3.63) is 0 Å². The molecule has 0 aliphatic carbocycles. The van der Waals surface area contributed by atoms with E-state index in [1.807, 2.05) is 13.8 Å². The third-order valence-electron chi connectivity index (χ3n) is 2.04. The number of aliphatic hydroxyl groups excluding tert-OH is 2. The number of hydrogen-bond acceptors (Lipinski definition) is 4. The van der Waals surface area contributed by atoms with Gasteiger partial charge >= 0.3 is 0 Å². The van der Waals surface area contributed by atoms with Gasteiger partial charge in [0.05, 0.1) is 19.3 Å². The molecule has 0 unspecified atom stereocenters. The van der Waals surface area contributed by atoms with Crippen LogP contribution in [0.15, 0.2) is 0 Å². The maximum absolute atomic E-state index is 11.8. The van der Waals surface area contributed by atoms with Crippen LogP contribution in [-0.2, 0) is 10.2 Å². The molecule has 0 saturated heterocycles. The van der Waals surface area contributed by atoms with Gasteiger partial charge in [-0.1, -0.05) is 13.8 Å². The largest absolute Gasteiger partial charge is 0.395 e. The minimum absolute atomic E-state index is 0.415. The number of hydrogen-bond donors (Lipinski definition) is 3. The van der Waals surface area contributed by atoms with Crippen LogP contribution in [0.5, 0.6) is 0 Å². The summed E-state index contributed by atoms with van der Waals surface area (Å²) in [6, 6.07) is -0.832. The van der Waals surface area contributed by atoms with Crippen molar-refractivity contribution in [1.82, 2.24) is 9.03 Å². The Kier molecular flexibility index (Phi) is 7.86. The Morgan fingerprint density at radius 2 is 1.56 bits per heavy atom. The minimum atomic E-state index is -3.61. The molecule has 0 aliphatic heterocycles. The Hall–Kier alpha value is -0.210. The Balaban J connectivity index is 4.57. The Morgan fingerprint density at radius 1 is 1.12 bits per heavy atom. The summed E-state index contributed by atoms with van der Waals surface area (Å²) in [5, 5.41) is 17.7. The second-order valence-electron chi connectivity index (χ2n) is 3.58. The lowest BCUT2D eigenvalue weighted by Gasteiger charge is -2.23. The van der Waals surface area contributed by atoms with Crippen molar-refractivity contribution in [2.24, 2.45) is 0 Å². The van der Waals surface area contributed by atoms with Gasteiger partial charge in [-0.25, -0.2) is 0 Å². The molecule has 6 nitrogen and oxygen atoms in total. The predicted molar refractivity (Wildman–Crippen MR) is 62.2 cm³/mol. The van der Waals surface area contributed by atoms with E-state index >= 15 is 0 Å². The third-order valence-corrected chi connectivity index (χ3v) is 3.72. The van der Waals surface area contributed by atoms with E-state index in [0.717, 1.165) is 12.8 Å². The fourth-order valence-electron chi connectivity index (χ4n) is 1.27. The molecule has 98 valence electrons. The molecule has 0 amide bonds. The van der Waals surface area contributed by atoms with Crippen LogP contribution in [0.25, 0.3) is 0 Å². The molecule has 0 rings (SSSR count). The highest BCUT2D eigenvalue weighted by atomic mass is 32.2. The van der Waals surface area contributed by atoms with Crippen LogP contribution in [0.3, 0.4) is 0 Å². The molecule has 0 aromatic carbocycles. The first-order chi connectivity index (χ1) is 7.51. The predicted octanol–water partition coefficient (Wildman–Crippen LogP) is -0.704. The first kappa shape index (κ1) is 15.8. The van der Waals surface area contributed by atoms with E-state index in [-0.39, 0.29) is 0 Å². The van der Waals surface area contributed by atoms with E-state index in [2.05, 4.69) is 4.72 Å². The van der Waals surface area contributed by atoms with E-state index < -0.39 is 29.5 Å². The minimum Gasteiger partial charge on any atom is -0.395 e. The zero-order valence-electron chi connectivity index (χ0n) is 9.89. The summed E-state index contributed by atoms with van der Waals surface area (Å²) >= 11 is 0. The van der Waals surface area contributed by atoms with E-state index in [1.54, 1.807) is 0 Å². The fraction of sp³-hybridized carbons (Fsp3) is 1.00. The summed E-state index contributed by atoms with van der Waals surface area (Å²) in [5.74, 6) is 0. The van der Waals surface area contributed by atoms with Gasteiger partial charge in [-0.3, -0.25) is 0 Å². The standard InChI is InChI=1S/C9H22N2O4S/c1-3-5-11(6-4-2)16(14,15)10-9(7-12)8-13/h9-10,12-13H,3-8H2,1-2H3. The highest BCUT2D eigenvalue weighted by Gasteiger charge is 2.23. The maximum Gasteiger partial charge on any atom is 0.279 e. The molecule has 0 aliphatic rings. The van der Waals surface area contributed by atoms with Crippen LogP contribution in [-0.4, -0.2) is 55.3 Å². The van der Waals surface area contributed by atoms with E-state index in [1.165, 1.54) is 4.31 Å². The molecular weight excluding hydrogens is 232 g/mol. The molecule has 0 bridgehead atoms. The average molecular weight is 254 g/mol. The van der Waals surface area contributed by atoms with E-state index in [4.69, 9.17) is 10.2 Å². The van der Waals surface area contributed by atoms with Gasteiger partial charge in [0, 0.05) is 13.1 Å². The molecule has 0 radical (unpaired) electrons. The molecule has 16 heavy (non-hydrogen) atoms.